The summed E-state index contributed by atoms with van der Waals surface area (Å²) in [5.41, 5.74) is 1.72. The highest BCUT2D eigenvalue weighted by molar-refractivity contribution is 6.63. The molecule has 3 rings (SSSR count). The third-order valence-electron chi connectivity index (χ3n) is 4.88. The number of carbonyl (C=O) groups is 1. The monoisotopic (exact) mass is 326 g/mol. The van der Waals surface area contributed by atoms with Crippen LogP contribution in [0.3, 0.4) is 0 Å². The molecule has 2 aromatic rings. The molecule has 0 saturated carbocycles. The summed E-state index contributed by atoms with van der Waals surface area (Å²) in [5.74, 6) is -0.310. The van der Waals surface area contributed by atoms with Gasteiger partial charge in [0.15, 0.2) is 0 Å². The quantitative estimate of drug-likeness (QED) is 0.639. The molecule has 1 saturated heterocycles. The van der Waals surface area contributed by atoms with Crippen LogP contribution < -0.4 is 5.46 Å². The molecule has 1 fully saturated rings. The fourth-order valence-electron chi connectivity index (χ4n) is 2.71. The Morgan fingerprint density at radius 1 is 0.958 bits per heavy atom. The van der Waals surface area contributed by atoms with E-state index in [4.69, 9.17) is 9.31 Å². The van der Waals surface area contributed by atoms with Crippen molar-refractivity contribution < 1.29 is 18.5 Å². The normalized spacial score (nSPS) is 18.6. The molecular formula is C19H20BFO3. The highest BCUT2D eigenvalue weighted by atomic mass is 19.1. The standard InChI is InChI=1S/C19H20BFO3/c1-18(2)19(3,4)24-20(23-18)17-9-8-14(10-15(17)12-22)13-6-5-7-16(21)11-13/h5-12H,1-4H3. The molecule has 1 aliphatic rings. The van der Waals surface area contributed by atoms with Gasteiger partial charge in [-0.2, -0.15) is 0 Å². The Balaban J connectivity index is 1.98. The maximum atomic E-state index is 13.4. The van der Waals surface area contributed by atoms with Gasteiger partial charge < -0.3 is 9.31 Å². The number of hydrogen-bond acceptors (Lipinski definition) is 3. The minimum atomic E-state index is -0.600. The van der Waals surface area contributed by atoms with Crippen LogP contribution in [0.25, 0.3) is 11.1 Å². The second kappa shape index (κ2) is 5.83. The predicted molar refractivity (Wildman–Crippen MR) is 92.9 cm³/mol. The van der Waals surface area contributed by atoms with E-state index in [9.17, 15) is 9.18 Å². The van der Waals surface area contributed by atoms with Gasteiger partial charge in [0.25, 0.3) is 0 Å². The van der Waals surface area contributed by atoms with Crippen LogP contribution in [-0.4, -0.2) is 24.6 Å². The van der Waals surface area contributed by atoms with Crippen LogP contribution >= 0.6 is 0 Å². The minimum absolute atomic E-state index is 0.310. The Morgan fingerprint density at radius 3 is 2.17 bits per heavy atom. The SMILES string of the molecule is CC1(C)OB(c2ccc(-c3cccc(F)c3)cc2C=O)OC1(C)C. The first-order valence-electron chi connectivity index (χ1n) is 7.94. The molecule has 0 atom stereocenters. The largest absolute Gasteiger partial charge is 0.495 e. The smallest absolute Gasteiger partial charge is 0.399 e. The summed E-state index contributed by atoms with van der Waals surface area (Å²) in [5, 5.41) is 0. The molecule has 1 heterocycles. The number of halogens is 1. The van der Waals surface area contributed by atoms with Gasteiger partial charge in [0.1, 0.15) is 12.1 Å². The molecule has 24 heavy (non-hydrogen) atoms. The first kappa shape index (κ1) is 16.9. The van der Waals surface area contributed by atoms with Gasteiger partial charge in [-0.3, -0.25) is 4.79 Å². The zero-order valence-corrected chi connectivity index (χ0v) is 14.3. The van der Waals surface area contributed by atoms with Crippen molar-refractivity contribution in [3.05, 3.63) is 53.8 Å². The van der Waals surface area contributed by atoms with Gasteiger partial charge in [0.2, 0.25) is 0 Å². The molecule has 2 aromatic carbocycles. The zero-order valence-electron chi connectivity index (χ0n) is 14.3. The van der Waals surface area contributed by atoms with E-state index in [-0.39, 0.29) is 5.82 Å². The molecule has 0 aromatic heterocycles. The zero-order chi connectivity index (χ0) is 17.5. The summed E-state index contributed by atoms with van der Waals surface area (Å²) in [6.07, 6.45) is 0.781. The van der Waals surface area contributed by atoms with Gasteiger partial charge >= 0.3 is 7.12 Å². The van der Waals surface area contributed by atoms with E-state index in [0.29, 0.717) is 11.0 Å². The number of rotatable bonds is 3. The van der Waals surface area contributed by atoms with Crippen LogP contribution in [0.15, 0.2) is 42.5 Å². The van der Waals surface area contributed by atoms with Gasteiger partial charge in [-0.25, -0.2) is 4.39 Å². The van der Waals surface area contributed by atoms with Crippen molar-refractivity contribution in [1.29, 1.82) is 0 Å². The summed E-state index contributed by atoms with van der Waals surface area (Å²) < 4.78 is 25.5. The highest BCUT2D eigenvalue weighted by Gasteiger charge is 2.52. The maximum Gasteiger partial charge on any atom is 0.495 e. The molecule has 0 aliphatic carbocycles. The first-order chi connectivity index (χ1) is 11.2. The van der Waals surface area contributed by atoms with Crippen molar-refractivity contribution >= 4 is 18.9 Å². The average molecular weight is 326 g/mol. The van der Waals surface area contributed by atoms with Gasteiger partial charge in [-0.1, -0.05) is 24.3 Å². The maximum absolute atomic E-state index is 13.4. The summed E-state index contributed by atoms with van der Waals surface area (Å²) in [7, 11) is -0.600. The average Bonchev–Trinajstić information content (AvgIpc) is 2.74. The molecule has 0 radical (unpaired) electrons. The van der Waals surface area contributed by atoms with Crippen molar-refractivity contribution in [2.75, 3.05) is 0 Å². The molecule has 0 bridgehead atoms. The van der Waals surface area contributed by atoms with Gasteiger partial charge in [-0.15, -0.1) is 0 Å². The Bertz CT molecular complexity index is 770. The van der Waals surface area contributed by atoms with E-state index in [1.165, 1.54) is 12.1 Å². The van der Waals surface area contributed by atoms with E-state index < -0.39 is 18.3 Å². The molecule has 0 amide bonds. The van der Waals surface area contributed by atoms with Gasteiger partial charge in [-0.05, 0) is 62.5 Å². The third kappa shape index (κ3) is 2.90. The van der Waals surface area contributed by atoms with E-state index in [2.05, 4.69) is 0 Å². The van der Waals surface area contributed by atoms with Crippen LogP contribution in [0.1, 0.15) is 38.1 Å². The first-order valence-corrected chi connectivity index (χ1v) is 7.94. The van der Waals surface area contributed by atoms with Crippen molar-refractivity contribution in [3.8, 4) is 11.1 Å². The molecule has 3 nitrogen and oxygen atoms in total. The number of carbonyl (C=O) groups excluding carboxylic acids is 1. The number of hydrogen-bond donors (Lipinski definition) is 0. The third-order valence-corrected chi connectivity index (χ3v) is 4.88. The van der Waals surface area contributed by atoms with Crippen LogP contribution in [-0.2, 0) is 9.31 Å². The Labute approximate surface area is 141 Å². The lowest BCUT2D eigenvalue weighted by Crippen LogP contribution is -2.41. The van der Waals surface area contributed by atoms with Crippen LogP contribution in [0.2, 0.25) is 0 Å². The Kier molecular flexibility index (Phi) is 4.10. The number of benzene rings is 2. The lowest BCUT2D eigenvalue weighted by Gasteiger charge is -2.32. The summed E-state index contributed by atoms with van der Waals surface area (Å²) in [6.45, 7) is 7.87. The topological polar surface area (TPSA) is 35.5 Å². The summed E-state index contributed by atoms with van der Waals surface area (Å²) >= 11 is 0. The highest BCUT2D eigenvalue weighted by Crippen LogP contribution is 2.36. The molecule has 0 spiro atoms. The second-order valence-electron chi connectivity index (χ2n) is 7.06. The van der Waals surface area contributed by atoms with E-state index in [1.807, 2.05) is 45.9 Å². The Hall–Kier alpha value is -1.98. The molecule has 5 heteroatoms. The Morgan fingerprint density at radius 2 is 1.58 bits per heavy atom. The fraction of sp³-hybridized carbons (Fsp3) is 0.316. The van der Waals surface area contributed by atoms with Crippen molar-refractivity contribution in [2.45, 2.75) is 38.9 Å². The lowest BCUT2D eigenvalue weighted by molar-refractivity contribution is 0.00578. The molecule has 0 unspecified atom stereocenters. The predicted octanol–water partition coefficient (Wildman–Crippen LogP) is 3.60. The van der Waals surface area contributed by atoms with Crippen LogP contribution in [0.4, 0.5) is 4.39 Å². The van der Waals surface area contributed by atoms with Crippen molar-refractivity contribution in [3.63, 3.8) is 0 Å². The second-order valence-corrected chi connectivity index (χ2v) is 7.06. The van der Waals surface area contributed by atoms with Crippen molar-refractivity contribution in [2.24, 2.45) is 0 Å². The van der Waals surface area contributed by atoms with Gasteiger partial charge in [0.05, 0.1) is 11.2 Å². The van der Waals surface area contributed by atoms with Gasteiger partial charge in [0, 0.05) is 5.56 Å². The molecule has 1 aliphatic heterocycles. The molecular weight excluding hydrogens is 306 g/mol. The minimum Gasteiger partial charge on any atom is -0.399 e. The fourth-order valence-corrected chi connectivity index (χ4v) is 2.71. The summed E-state index contributed by atoms with van der Waals surface area (Å²) in [4.78, 5) is 11.6. The molecule has 124 valence electrons. The van der Waals surface area contributed by atoms with Crippen LogP contribution in [0, 0.1) is 5.82 Å². The van der Waals surface area contributed by atoms with Crippen molar-refractivity contribution in [1.82, 2.24) is 0 Å². The lowest BCUT2D eigenvalue weighted by atomic mass is 9.75. The van der Waals surface area contributed by atoms with E-state index in [0.717, 1.165) is 17.4 Å². The number of aldehydes is 1. The summed E-state index contributed by atoms with van der Waals surface area (Å²) in [6, 6.07) is 11.7. The van der Waals surface area contributed by atoms with Crippen LogP contribution in [0.5, 0.6) is 0 Å². The molecule has 0 N–H and O–H groups in total. The van der Waals surface area contributed by atoms with E-state index >= 15 is 0 Å². The van der Waals surface area contributed by atoms with E-state index in [1.54, 1.807) is 12.1 Å².